The second kappa shape index (κ2) is 5.52. The van der Waals surface area contributed by atoms with Crippen LogP contribution in [-0.4, -0.2) is 25.9 Å². The Balaban J connectivity index is 3.25. The van der Waals surface area contributed by atoms with Gasteiger partial charge >= 0.3 is 0 Å². The Morgan fingerprint density at radius 1 is 1.18 bits per heavy atom. The Kier molecular flexibility index (Phi) is 4.54. The van der Waals surface area contributed by atoms with Gasteiger partial charge in [0.25, 0.3) is 0 Å². The van der Waals surface area contributed by atoms with E-state index in [-0.39, 0.29) is 0 Å². The summed E-state index contributed by atoms with van der Waals surface area (Å²) in [6.07, 6.45) is 0.619. The van der Waals surface area contributed by atoms with Crippen LogP contribution in [0.5, 0.6) is 5.75 Å². The van der Waals surface area contributed by atoms with Crippen molar-refractivity contribution in [2.45, 2.75) is 32.8 Å². The number of benzene rings is 1. The monoisotopic (exact) mass is 238 g/mol. The van der Waals surface area contributed by atoms with Crippen LogP contribution in [0.3, 0.4) is 0 Å². The Morgan fingerprint density at radius 2 is 1.82 bits per heavy atom. The number of ether oxygens (including phenoxy) is 2. The molecule has 0 aromatic heterocycles. The number of hydrogen-bond acceptors (Lipinski definition) is 3. The summed E-state index contributed by atoms with van der Waals surface area (Å²) in [5.41, 5.74) is 2.04. The number of aliphatic hydroxyl groups is 1. The lowest BCUT2D eigenvalue weighted by Crippen LogP contribution is -2.31. The highest BCUT2D eigenvalue weighted by molar-refractivity contribution is 5.44. The zero-order valence-corrected chi connectivity index (χ0v) is 11.3. The van der Waals surface area contributed by atoms with Gasteiger partial charge in [0.1, 0.15) is 11.4 Å². The number of methoxy groups -OCH3 is 2. The van der Waals surface area contributed by atoms with Crippen molar-refractivity contribution in [1.82, 2.24) is 0 Å². The van der Waals surface area contributed by atoms with E-state index in [0.29, 0.717) is 13.0 Å². The molecule has 1 aromatic rings. The maximum Gasteiger partial charge on any atom is 0.122 e. The molecule has 1 atom stereocenters. The SMILES string of the molecule is CCC(O)(COC)c1cc(C)c(OC)cc1C. The van der Waals surface area contributed by atoms with Crippen LogP contribution in [0, 0.1) is 13.8 Å². The summed E-state index contributed by atoms with van der Waals surface area (Å²) in [6.45, 7) is 6.21. The highest BCUT2D eigenvalue weighted by atomic mass is 16.5. The van der Waals surface area contributed by atoms with Gasteiger partial charge in [0, 0.05) is 7.11 Å². The molecule has 0 radical (unpaired) electrons. The Labute approximate surface area is 103 Å². The van der Waals surface area contributed by atoms with Crippen molar-refractivity contribution >= 4 is 0 Å². The molecule has 0 aliphatic carbocycles. The third-order valence-corrected chi connectivity index (χ3v) is 3.21. The van der Waals surface area contributed by atoms with Crippen molar-refractivity contribution in [3.8, 4) is 5.75 Å². The van der Waals surface area contributed by atoms with E-state index in [4.69, 9.17) is 9.47 Å². The van der Waals surface area contributed by atoms with Crippen LogP contribution < -0.4 is 4.74 Å². The van der Waals surface area contributed by atoms with Crippen LogP contribution in [0.25, 0.3) is 0 Å². The molecule has 0 bridgehead atoms. The largest absolute Gasteiger partial charge is 0.496 e. The smallest absolute Gasteiger partial charge is 0.122 e. The molecular weight excluding hydrogens is 216 g/mol. The molecule has 0 amide bonds. The first-order chi connectivity index (χ1) is 7.98. The molecule has 0 saturated carbocycles. The van der Waals surface area contributed by atoms with Gasteiger partial charge in [-0.1, -0.05) is 6.92 Å². The van der Waals surface area contributed by atoms with Gasteiger partial charge in [0.05, 0.1) is 13.7 Å². The van der Waals surface area contributed by atoms with E-state index in [2.05, 4.69) is 0 Å². The van der Waals surface area contributed by atoms with Crippen LogP contribution in [0.15, 0.2) is 12.1 Å². The average molecular weight is 238 g/mol. The van der Waals surface area contributed by atoms with Gasteiger partial charge in [0.2, 0.25) is 0 Å². The van der Waals surface area contributed by atoms with Crippen LogP contribution in [0.1, 0.15) is 30.0 Å². The molecule has 0 heterocycles. The molecule has 3 nitrogen and oxygen atoms in total. The fourth-order valence-corrected chi connectivity index (χ4v) is 2.12. The highest BCUT2D eigenvalue weighted by Gasteiger charge is 2.29. The van der Waals surface area contributed by atoms with Crippen molar-refractivity contribution in [2.24, 2.45) is 0 Å². The maximum absolute atomic E-state index is 10.6. The lowest BCUT2D eigenvalue weighted by molar-refractivity contribution is -0.0391. The minimum Gasteiger partial charge on any atom is -0.496 e. The molecular formula is C14H22O3. The quantitative estimate of drug-likeness (QED) is 0.856. The molecule has 0 spiro atoms. The first-order valence-electron chi connectivity index (χ1n) is 5.85. The van der Waals surface area contributed by atoms with E-state index in [1.54, 1.807) is 14.2 Å². The second-order valence-electron chi connectivity index (χ2n) is 4.45. The van der Waals surface area contributed by atoms with Crippen molar-refractivity contribution in [2.75, 3.05) is 20.8 Å². The number of hydrogen-bond donors (Lipinski definition) is 1. The van der Waals surface area contributed by atoms with Crippen molar-refractivity contribution < 1.29 is 14.6 Å². The predicted molar refractivity (Wildman–Crippen MR) is 68.5 cm³/mol. The van der Waals surface area contributed by atoms with Gasteiger partial charge in [-0.3, -0.25) is 0 Å². The highest BCUT2D eigenvalue weighted by Crippen LogP contribution is 2.32. The van der Waals surface area contributed by atoms with E-state index < -0.39 is 5.60 Å². The standard InChI is InChI=1S/C14H22O3/c1-6-14(15,9-16-4)12-7-11(3)13(17-5)8-10(12)2/h7-8,15H,6,9H2,1-5H3. The topological polar surface area (TPSA) is 38.7 Å². The van der Waals surface area contributed by atoms with Gasteiger partial charge in [-0.15, -0.1) is 0 Å². The van der Waals surface area contributed by atoms with Crippen LogP contribution in [-0.2, 0) is 10.3 Å². The van der Waals surface area contributed by atoms with E-state index >= 15 is 0 Å². The third-order valence-electron chi connectivity index (χ3n) is 3.21. The minimum absolute atomic E-state index is 0.302. The molecule has 0 aliphatic rings. The van der Waals surface area contributed by atoms with Crippen molar-refractivity contribution in [3.05, 3.63) is 28.8 Å². The van der Waals surface area contributed by atoms with Gasteiger partial charge in [-0.2, -0.15) is 0 Å². The summed E-state index contributed by atoms with van der Waals surface area (Å²) in [7, 11) is 3.26. The van der Waals surface area contributed by atoms with E-state index in [1.165, 1.54) is 0 Å². The summed E-state index contributed by atoms with van der Waals surface area (Å²) >= 11 is 0. The normalized spacial score (nSPS) is 14.5. The molecule has 1 N–H and O–H groups in total. The Morgan fingerprint density at radius 3 is 2.29 bits per heavy atom. The van der Waals surface area contributed by atoms with E-state index in [1.807, 2.05) is 32.9 Å². The fraction of sp³-hybridized carbons (Fsp3) is 0.571. The van der Waals surface area contributed by atoms with Crippen molar-refractivity contribution in [3.63, 3.8) is 0 Å². The van der Waals surface area contributed by atoms with E-state index in [0.717, 1.165) is 22.4 Å². The van der Waals surface area contributed by atoms with Crippen LogP contribution >= 0.6 is 0 Å². The molecule has 96 valence electrons. The lowest BCUT2D eigenvalue weighted by Gasteiger charge is -2.29. The molecule has 0 fully saturated rings. The molecule has 1 aromatic carbocycles. The number of aryl methyl sites for hydroxylation is 2. The van der Waals surface area contributed by atoms with Gasteiger partial charge in [-0.25, -0.2) is 0 Å². The van der Waals surface area contributed by atoms with Crippen LogP contribution in [0.2, 0.25) is 0 Å². The third kappa shape index (κ3) is 2.79. The first-order valence-corrected chi connectivity index (χ1v) is 5.85. The van der Waals surface area contributed by atoms with Crippen molar-refractivity contribution in [1.29, 1.82) is 0 Å². The fourth-order valence-electron chi connectivity index (χ4n) is 2.12. The zero-order valence-electron chi connectivity index (χ0n) is 11.3. The molecule has 3 heteroatoms. The summed E-state index contributed by atoms with van der Waals surface area (Å²) in [5.74, 6) is 0.849. The Bertz CT molecular complexity index is 387. The minimum atomic E-state index is -0.921. The summed E-state index contributed by atoms with van der Waals surface area (Å²) in [5, 5.41) is 10.6. The molecule has 1 unspecified atom stereocenters. The molecule has 0 saturated heterocycles. The van der Waals surface area contributed by atoms with Crippen LogP contribution in [0.4, 0.5) is 0 Å². The van der Waals surface area contributed by atoms with Gasteiger partial charge in [-0.05, 0) is 49.1 Å². The number of rotatable bonds is 5. The predicted octanol–water partition coefficient (Wildman–Crippen LogP) is 2.56. The second-order valence-corrected chi connectivity index (χ2v) is 4.45. The Hall–Kier alpha value is -1.06. The molecule has 17 heavy (non-hydrogen) atoms. The van der Waals surface area contributed by atoms with E-state index in [9.17, 15) is 5.11 Å². The molecule has 0 aliphatic heterocycles. The van der Waals surface area contributed by atoms with Gasteiger partial charge in [0.15, 0.2) is 0 Å². The average Bonchev–Trinajstić information content (AvgIpc) is 2.31. The van der Waals surface area contributed by atoms with Gasteiger partial charge < -0.3 is 14.6 Å². The summed E-state index contributed by atoms with van der Waals surface area (Å²) < 4.78 is 10.4. The molecule has 1 rings (SSSR count). The summed E-state index contributed by atoms with van der Waals surface area (Å²) in [4.78, 5) is 0. The zero-order chi connectivity index (χ0) is 13.1. The lowest BCUT2D eigenvalue weighted by atomic mass is 9.87. The maximum atomic E-state index is 10.6. The first kappa shape index (κ1) is 14.0. The summed E-state index contributed by atoms with van der Waals surface area (Å²) in [6, 6.07) is 3.94.